The topological polar surface area (TPSA) is 55.2 Å². The summed E-state index contributed by atoms with van der Waals surface area (Å²) in [6, 6.07) is 1.44. The maximum atomic E-state index is 12.2. The number of hydrogen-bond acceptors (Lipinski definition) is 4. The first kappa shape index (κ1) is 19.1. The molecule has 1 aromatic heterocycles. The van der Waals surface area contributed by atoms with Crippen molar-refractivity contribution < 1.29 is 4.79 Å². The van der Waals surface area contributed by atoms with E-state index < -0.39 is 0 Å². The average Bonchev–Trinajstić information content (AvgIpc) is 2.53. The summed E-state index contributed by atoms with van der Waals surface area (Å²) in [5, 5.41) is 4.36. The second-order valence-electron chi connectivity index (χ2n) is 6.42. The molecule has 0 aromatic carbocycles. The Hall–Kier alpha value is -1.91. The number of nitrogens with zero attached hydrogens (tertiary/aromatic N) is 3. The third kappa shape index (κ3) is 5.34. The van der Waals surface area contributed by atoms with Crippen LogP contribution in [0.1, 0.15) is 63.4 Å². The van der Waals surface area contributed by atoms with Crippen LogP contribution >= 0.6 is 0 Å². The SMILES string of the molecule is CCCCCC(C)(CC)n1ccc(=O)c(C(=O)C=CN(C)C)n1. The Balaban J connectivity index is 3.11. The molecule has 0 saturated heterocycles. The van der Waals surface area contributed by atoms with Gasteiger partial charge in [0.1, 0.15) is 0 Å². The molecule has 0 bridgehead atoms. The van der Waals surface area contributed by atoms with Gasteiger partial charge < -0.3 is 4.90 Å². The smallest absolute Gasteiger partial charge is 0.211 e. The highest BCUT2D eigenvalue weighted by atomic mass is 16.1. The van der Waals surface area contributed by atoms with Crippen molar-refractivity contribution in [2.45, 2.75) is 58.4 Å². The zero-order valence-electron chi connectivity index (χ0n) is 15.0. The number of unbranched alkanes of at least 4 members (excludes halogenated alkanes) is 2. The van der Waals surface area contributed by atoms with Crippen LogP contribution in [-0.2, 0) is 5.54 Å². The summed E-state index contributed by atoms with van der Waals surface area (Å²) in [7, 11) is 3.64. The zero-order chi connectivity index (χ0) is 17.5. The average molecular weight is 319 g/mol. The Bertz CT molecular complexity index is 605. The lowest BCUT2D eigenvalue weighted by atomic mass is 9.91. The van der Waals surface area contributed by atoms with Crippen molar-refractivity contribution in [1.29, 1.82) is 0 Å². The van der Waals surface area contributed by atoms with Gasteiger partial charge in [0.05, 0.1) is 5.54 Å². The molecule has 5 heteroatoms. The molecule has 5 nitrogen and oxygen atoms in total. The van der Waals surface area contributed by atoms with Crippen LogP contribution in [0.2, 0.25) is 0 Å². The molecule has 1 unspecified atom stereocenters. The van der Waals surface area contributed by atoms with Gasteiger partial charge in [-0.05, 0) is 19.8 Å². The number of aromatic nitrogens is 2. The normalized spacial score (nSPS) is 14.0. The number of allylic oxidation sites excluding steroid dienone is 1. The van der Waals surface area contributed by atoms with E-state index >= 15 is 0 Å². The van der Waals surface area contributed by atoms with Crippen molar-refractivity contribution in [2.75, 3.05) is 14.1 Å². The highest BCUT2D eigenvalue weighted by Crippen LogP contribution is 2.26. The molecular formula is C18H29N3O2. The van der Waals surface area contributed by atoms with Gasteiger partial charge in [0, 0.05) is 38.6 Å². The van der Waals surface area contributed by atoms with Gasteiger partial charge in [0.2, 0.25) is 11.2 Å². The number of ketones is 1. The molecular weight excluding hydrogens is 290 g/mol. The number of rotatable bonds is 9. The monoisotopic (exact) mass is 319 g/mol. The molecule has 128 valence electrons. The molecule has 0 aliphatic rings. The third-order valence-corrected chi connectivity index (χ3v) is 4.20. The van der Waals surface area contributed by atoms with E-state index in [1.807, 2.05) is 14.1 Å². The summed E-state index contributed by atoms with van der Waals surface area (Å²) in [5.74, 6) is -0.356. The van der Waals surface area contributed by atoms with Crippen molar-refractivity contribution >= 4 is 5.78 Å². The number of hydrogen-bond donors (Lipinski definition) is 0. The molecule has 1 atom stereocenters. The minimum atomic E-state index is -0.356. The first-order valence-electron chi connectivity index (χ1n) is 8.33. The van der Waals surface area contributed by atoms with E-state index in [9.17, 15) is 9.59 Å². The summed E-state index contributed by atoms with van der Waals surface area (Å²) in [4.78, 5) is 25.9. The molecule has 0 saturated carbocycles. The van der Waals surface area contributed by atoms with Crippen LogP contribution in [0.15, 0.2) is 29.3 Å². The minimum Gasteiger partial charge on any atom is -0.383 e. The van der Waals surface area contributed by atoms with Gasteiger partial charge in [-0.3, -0.25) is 14.3 Å². The maximum Gasteiger partial charge on any atom is 0.211 e. The molecule has 0 aliphatic heterocycles. The van der Waals surface area contributed by atoms with Gasteiger partial charge in [-0.1, -0.05) is 33.1 Å². The summed E-state index contributed by atoms with van der Waals surface area (Å²) < 4.78 is 1.79. The second kappa shape index (κ2) is 8.65. The van der Waals surface area contributed by atoms with E-state index in [1.165, 1.54) is 18.6 Å². The van der Waals surface area contributed by atoms with Crippen LogP contribution in [0.3, 0.4) is 0 Å². The summed E-state index contributed by atoms with van der Waals surface area (Å²) in [6.45, 7) is 6.41. The van der Waals surface area contributed by atoms with Crippen LogP contribution < -0.4 is 5.43 Å². The molecule has 23 heavy (non-hydrogen) atoms. The van der Waals surface area contributed by atoms with Gasteiger partial charge in [0.15, 0.2) is 5.69 Å². The summed E-state index contributed by atoms with van der Waals surface area (Å²) in [5.41, 5.74) is -0.522. The van der Waals surface area contributed by atoms with E-state index in [-0.39, 0.29) is 22.4 Å². The largest absolute Gasteiger partial charge is 0.383 e. The van der Waals surface area contributed by atoms with E-state index in [0.717, 1.165) is 25.7 Å². The molecule has 1 rings (SSSR count). The van der Waals surface area contributed by atoms with Crippen molar-refractivity contribution in [3.63, 3.8) is 0 Å². The zero-order valence-corrected chi connectivity index (χ0v) is 15.0. The molecule has 1 heterocycles. The highest BCUT2D eigenvalue weighted by Gasteiger charge is 2.25. The van der Waals surface area contributed by atoms with E-state index in [0.29, 0.717) is 0 Å². The Kier molecular flexibility index (Phi) is 7.20. The molecule has 0 aliphatic carbocycles. The quantitative estimate of drug-likeness (QED) is 0.398. The molecule has 0 fully saturated rings. The van der Waals surface area contributed by atoms with Crippen LogP contribution in [-0.4, -0.2) is 34.6 Å². The molecule has 0 N–H and O–H groups in total. The van der Waals surface area contributed by atoms with Crippen molar-refractivity contribution in [1.82, 2.24) is 14.7 Å². The van der Waals surface area contributed by atoms with Crippen LogP contribution in [0.5, 0.6) is 0 Å². The predicted octanol–water partition coefficient (Wildman–Crippen LogP) is 3.21. The van der Waals surface area contributed by atoms with Gasteiger partial charge in [-0.15, -0.1) is 0 Å². The van der Waals surface area contributed by atoms with Gasteiger partial charge in [0.25, 0.3) is 0 Å². The minimum absolute atomic E-state index is 0.0132. The first-order chi connectivity index (χ1) is 10.8. The lowest BCUT2D eigenvalue weighted by Gasteiger charge is -2.30. The number of carbonyl (C=O) groups is 1. The van der Waals surface area contributed by atoms with Crippen molar-refractivity contribution in [3.05, 3.63) is 40.5 Å². The standard InChI is InChI=1S/C18H29N3O2/c1-6-8-9-12-18(3,7-2)21-14-11-16(23)17(19-21)15(22)10-13-20(4)5/h10-11,13-14H,6-9,12H2,1-5H3. The number of carbonyl (C=O) groups excluding carboxylic acids is 1. The van der Waals surface area contributed by atoms with E-state index in [2.05, 4.69) is 25.9 Å². The molecule has 0 amide bonds. The Morgan fingerprint density at radius 2 is 2.04 bits per heavy atom. The fraction of sp³-hybridized carbons (Fsp3) is 0.611. The van der Waals surface area contributed by atoms with Gasteiger partial charge >= 0.3 is 0 Å². The summed E-state index contributed by atoms with van der Waals surface area (Å²) >= 11 is 0. The maximum absolute atomic E-state index is 12.2. The third-order valence-electron chi connectivity index (χ3n) is 4.20. The molecule has 1 aromatic rings. The molecule has 0 spiro atoms. The van der Waals surface area contributed by atoms with Crippen LogP contribution in [0, 0.1) is 0 Å². The van der Waals surface area contributed by atoms with Crippen molar-refractivity contribution in [2.24, 2.45) is 0 Å². The predicted molar refractivity (Wildman–Crippen MR) is 93.7 cm³/mol. The van der Waals surface area contributed by atoms with Crippen LogP contribution in [0.4, 0.5) is 0 Å². The first-order valence-corrected chi connectivity index (χ1v) is 8.33. The van der Waals surface area contributed by atoms with E-state index in [1.54, 1.807) is 22.0 Å². The Morgan fingerprint density at radius 1 is 1.35 bits per heavy atom. The summed E-state index contributed by atoms with van der Waals surface area (Å²) in [6.07, 6.45) is 10.0. The Labute approximate surface area is 139 Å². The Morgan fingerprint density at radius 3 is 2.61 bits per heavy atom. The van der Waals surface area contributed by atoms with Gasteiger partial charge in [-0.25, -0.2) is 0 Å². The highest BCUT2D eigenvalue weighted by molar-refractivity contribution is 6.02. The molecule has 0 radical (unpaired) electrons. The second-order valence-corrected chi connectivity index (χ2v) is 6.42. The lowest BCUT2D eigenvalue weighted by Crippen LogP contribution is -2.34. The fourth-order valence-electron chi connectivity index (χ4n) is 2.38. The van der Waals surface area contributed by atoms with E-state index in [4.69, 9.17) is 0 Å². The lowest BCUT2D eigenvalue weighted by molar-refractivity contribution is 0.103. The fourth-order valence-corrected chi connectivity index (χ4v) is 2.38. The van der Waals surface area contributed by atoms with Gasteiger partial charge in [-0.2, -0.15) is 5.10 Å². The van der Waals surface area contributed by atoms with Crippen LogP contribution in [0.25, 0.3) is 0 Å². The van der Waals surface area contributed by atoms with Crippen molar-refractivity contribution in [3.8, 4) is 0 Å².